The van der Waals surface area contributed by atoms with Crippen molar-refractivity contribution in [2.24, 2.45) is 17.8 Å². The van der Waals surface area contributed by atoms with E-state index in [4.69, 9.17) is 5.11 Å². The van der Waals surface area contributed by atoms with Crippen LogP contribution in [-0.4, -0.2) is 22.6 Å². The van der Waals surface area contributed by atoms with Crippen molar-refractivity contribution < 1.29 is 15.0 Å². The summed E-state index contributed by atoms with van der Waals surface area (Å²) >= 11 is 0. The van der Waals surface area contributed by atoms with E-state index < -0.39 is 6.10 Å². The number of hydrogen-bond donors (Lipinski definition) is 2. The summed E-state index contributed by atoms with van der Waals surface area (Å²) in [7, 11) is 0. The van der Waals surface area contributed by atoms with Crippen LogP contribution in [-0.2, 0) is 11.2 Å². The van der Waals surface area contributed by atoms with Crippen LogP contribution in [0.15, 0.2) is 18.2 Å². The Labute approximate surface area is 131 Å². The van der Waals surface area contributed by atoms with Gasteiger partial charge in [-0.3, -0.25) is 4.79 Å². The average molecular weight is 300 g/mol. The smallest absolute Gasteiger partial charge is 0.136 e. The molecule has 3 aliphatic carbocycles. The standard InChI is InChI=1S/C19H24O3/c20-10-19(22)12-2-3-13-11(9-12)1-4-15-14(13)5-6-17-16(15)7-8-18(17)21/h2-3,9,14-17,19-20,22H,1,4-8,10H2/t14-,15-,16+,17+,19-/m1/s1. The molecule has 4 rings (SSSR count). The highest BCUT2D eigenvalue weighted by Crippen LogP contribution is 2.54. The number of aryl methyl sites for hydroxylation is 1. The van der Waals surface area contributed by atoms with Gasteiger partial charge in [0.25, 0.3) is 0 Å². The maximum Gasteiger partial charge on any atom is 0.136 e. The molecule has 0 radical (unpaired) electrons. The predicted molar refractivity (Wildman–Crippen MR) is 83.5 cm³/mol. The zero-order valence-corrected chi connectivity index (χ0v) is 12.9. The second kappa shape index (κ2) is 5.47. The minimum atomic E-state index is -0.772. The molecule has 0 saturated heterocycles. The van der Waals surface area contributed by atoms with E-state index >= 15 is 0 Å². The molecule has 0 aliphatic heterocycles. The van der Waals surface area contributed by atoms with Crippen molar-refractivity contribution >= 4 is 5.78 Å². The Morgan fingerprint density at radius 1 is 1.05 bits per heavy atom. The molecule has 118 valence electrons. The number of carbonyl (C=O) groups is 1. The van der Waals surface area contributed by atoms with Crippen LogP contribution in [0, 0.1) is 17.8 Å². The fourth-order valence-corrected chi connectivity index (χ4v) is 5.33. The van der Waals surface area contributed by atoms with E-state index in [2.05, 4.69) is 12.1 Å². The van der Waals surface area contributed by atoms with Gasteiger partial charge in [0.15, 0.2) is 0 Å². The molecule has 3 heteroatoms. The van der Waals surface area contributed by atoms with Crippen LogP contribution in [0.4, 0.5) is 0 Å². The van der Waals surface area contributed by atoms with Gasteiger partial charge in [0.2, 0.25) is 0 Å². The van der Waals surface area contributed by atoms with Crippen molar-refractivity contribution in [3.05, 3.63) is 34.9 Å². The van der Waals surface area contributed by atoms with Crippen molar-refractivity contribution in [2.45, 2.75) is 50.5 Å². The molecule has 3 aliphatic rings. The quantitative estimate of drug-likeness (QED) is 0.883. The van der Waals surface area contributed by atoms with Crippen molar-refractivity contribution in [1.29, 1.82) is 0 Å². The molecule has 0 unspecified atom stereocenters. The topological polar surface area (TPSA) is 57.5 Å². The van der Waals surface area contributed by atoms with Crippen LogP contribution >= 0.6 is 0 Å². The molecule has 1 aromatic rings. The van der Waals surface area contributed by atoms with Crippen LogP contribution in [0.2, 0.25) is 0 Å². The first-order chi connectivity index (χ1) is 10.7. The van der Waals surface area contributed by atoms with Gasteiger partial charge in [-0.05, 0) is 66.5 Å². The van der Waals surface area contributed by atoms with E-state index in [9.17, 15) is 9.90 Å². The van der Waals surface area contributed by atoms with E-state index in [1.54, 1.807) is 0 Å². The van der Waals surface area contributed by atoms with Gasteiger partial charge in [0, 0.05) is 12.3 Å². The minimum absolute atomic E-state index is 0.225. The molecule has 0 heterocycles. The fourth-order valence-electron chi connectivity index (χ4n) is 5.33. The Hall–Kier alpha value is -1.19. The molecule has 0 amide bonds. The van der Waals surface area contributed by atoms with Crippen LogP contribution < -0.4 is 0 Å². The fraction of sp³-hybridized carbons (Fsp3) is 0.632. The summed E-state index contributed by atoms with van der Waals surface area (Å²) in [6.45, 7) is -0.225. The highest BCUT2D eigenvalue weighted by molar-refractivity contribution is 5.83. The number of aliphatic hydroxyl groups excluding tert-OH is 2. The van der Waals surface area contributed by atoms with E-state index in [0.717, 1.165) is 37.7 Å². The first kappa shape index (κ1) is 14.4. The summed E-state index contributed by atoms with van der Waals surface area (Å²) in [5.41, 5.74) is 3.60. The number of rotatable bonds is 2. The molecule has 2 N–H and O–H groups in total. The number of hydrogen-bond acceptors (Lipinski definition) is 3. The van der Waals surface area contributed by atoms with Crippen LogP contribution in [0.5, 0.6) is 0 Å². The second-order valence-corrected chi connectivity index (χ2v) is 7.32. The first-order valence-electron chi connectivity index (χ1n) is 8.63. The lowest BCUT2D eigenvalue weighted by molar-refractivity contribution is -0.122. The molecule has 0 bridgehead atoms. The zero-order chi connectivity index (χ0) is 15.3. The summed E-state index contributed by atoms with van der Waals surface area (Å²) in [5.74, 6) is 2.73. The number of carbonyl (C=O) groups excluding carboxylic acids is 1. The minimum Gasteiger partial charge on any atom is -0.393 e. The molecule has 0 aromatic heterocycles. The highest BCUT2D eigenvalue weighted by atomic mass is 16.3. The summed E-state index contributed by atoms with van der Waals surface area (Å²) in [6.07, 6.45) is 5.53. The molecule has 2 fully saturated rings. The molecule has 3 nitrogen and oxygen atoms in total. The third-order valence-corrected chi connectivity index (χ3v) is 6.38. The van der Waals surface area contributed by atoms with Gasteiger partial charge in [-0.1, -0.05) is 18.2 Å². The van der Waals surface area contributed by atoms with Crippen LogP contribution in [0.3, 0.4) is 0 Å². The highest BCUT2D eigenvalue weighted by Gasteiger charge is 2.47. The third kappa shape index (κ3) is 2.14. The maximum atomic E-state index is 12.0. The Morgan fingerprint density at radius 2 is 1.77 bits per heavy atom. The number of Topliss-reactive ketones (excluding diaryl/α,β-unsaturated/α-hetero) is 1. The van der Waals surface area contributed by atoms with Crippen LogP contribution in [0.25, 0.3) is 0 Å². The van der Waals surface area contributed by atoms with Crippen LogP contribution in [0.1, 0.15) is 60.8 Å². The lowest BCUT2D eigenvalue weighted by Crippen LogP contribution is -2.35. The van der Waals surface area contributed by atoms with Gasteiger partial charge >= 0.3 is 0 Å². The van der Waals surface area contributed by atoms with Gasteiger partial charge in [-0.15, -0.1) is 0 Å². The summed E-state index contributed by atoms with van der Waals surface area (Å²) in [4.78, 5) is 12.0. The number of aliphatic hydroxyl groups is 2. The molecule has 22 heavy (non-hydrogen) atoms. The van der Waals surface area contributed by atoms with Gasteiger partial charge in [-0.25, -0.2) is 0 Å². The number of fused-ring (bicyclic) bond motifs is 5. The normalized spacial score (nSPS) is 34.7. The van der Waals surface area contributed by atoms with Gasteiger partial charge in [-0.2, -0.15) is 0 Å². The van der Waals surface area contributed by atoms with Crippen molar-refractivity contribution in [3.63, 3.8) is 0 Å². The number of ketones is 1. The predicted octanol–water partition coefficient (Wildman–Crippen LogP) is 2.75. The largest absolute Gasteiger partial charge is 0.393 e. The average Bonchev–Trinajstić information content (AvgIpc) is 2.94. The zero-order valence-electron chi connectivity index (χ0n) is 12.9. The first-order valence-corrected chi connectivity index (χ1v) is 8.63. The van der Waals surface area contributed by atoms with Gasteiger partial charge < -0.3 is 10.2 Å². The molecular formula is C19H24O3. The SMILES string of the molecule is O=C1CC[C@H]2[C@@H]3CCc4cc([C@H](O)CO)ccc4[C@H]3CC[C@H]12. The molecule has 2 saturated carbocycles. The monoisotopic (exact) mass is 300 g/mol. The lowest BCUT2D eigenvalue weighted by Gasteiger charge is -2.43. The van der Waals surface area contributed by atoms with E-state index in [0.29, 0.717) is 29.5 Å². The molecule has 1 aromatic carbocycles. The van der Waals surface area contributed by atoms with Crippen molar-refractivity contribution in [2.75, 3.05) is 6.61 Å². The lowest BCUT2D eigenvalue weighted by atomic mass is 9.61. The van der Waals surface area contributed by atoms with E-state index in [-0.39, 0.29) is 6.61 Å². The molecular weight excluding hydrogens is 276 g/mol. The van der Waals surface area contributed by atoms with Crippen molar-refractivity contribution in [3.8, 4) is 0 Å². The second-order valence-electron chi connectivity index (χ2n) is 7.32. The van der Waals surface area contributed by atoms with E-state index in [1.807, 2.05) is 6.07 Å². The number of benzene rings is 1. The summed E-state index contributed by atoms with van der Waals surface area (Å²) < 4.78 is 0. The molecule has 5 atom stereocenters. The Morgan fingerprint density at radius 3 is 2.59 bits per heavy atom. The maximum absolute atomic E-state index is 12.0. The van der Waals surface area contributed by atoms with E-state index in [1.165, 1.54) is 17.5 Å². The van der Waals surface area contributed by atoms with Gasteiger partial charge in [0.05, 0.1) is 6.61 Å². The third-order valence-electron chi connectivity index (χ3n) is 6.38. The van der Waals surface area contributed by atoms with Gasteiger partial charge in [0.1, 0.15) is 11.9 Å². The molecule has 0 spiro atoms. The Bertz CT molecular complexity index is 594. The van der Waals surface area contributed by atoms with Crippen molar-refractivity contribution in [1.82, 2.24) is 0 Å². The Kier molecular flexibility index (Phi) is 3.58. The summed E-state index contributed by atoms with van der Waals surface area (Å²) in [6, 6.07) is 6.21. The Balaban J connectivity index is 1.64. The summed E-state index contributed by atoms with van der Waals surface area (Å²) in [5, 5.41) is 19.0.